The number of pyridine rings is 1. The number of nitriles is 1. The van der Waals surface area contributed by atoms with Crippen molar-refractivity contribution in [3.8, 4) is 6.07 Å². The van der Waals surface area contributed by atoms with Crippen molar-refractivity contribution in [2.45, 2.75) is 38.5 Å². The van der Waals surface area contributed by atoms with E-state index >= 15 is 0 Å². The van der Waals surface area contributed by atoms with Crippen LogP contribution >= 0.6 is 0 Å². The highest BCUT2D eigenvalue weighted by atomic mass is 16.5. The second-order valence-electron chi connectivity index (χ2n) is 4.03. The number of hydrogen-bond donors (Lipinski definition) is 0. The Balaban J connectivity index is 2.02. The molecule has 0 aliphatic carbocycles. The van der Waals surface area contributed by atoms with Gasteiger partial charge in [0.05, 0.1) is 12.7 Å². The Bertz CT molecular complexity index is 385. The molecule has 0 aliphatic rings. The lowest BCUT2D eigenvalue weighted by Crippen LogP contribution is -2.07. The molecule has 1 aromatic heterocycles. The summed E-state index contributed by atoms with van der Waals surface area (Å²) in [5.74, 6) is -0.361. The van der Waals surface area contributed by atoms with Crippen molar-refractivity contribution in [2.75, 3.05) is 6.61 Å². The number of hydrogen-bond acceptors (Lipinski definition) is 4. The molecule has 0 saturated heterocycles. The average Bonchev–Trinajstić information content (AvgIpc) is 2.42. The molecule has 0 atom stereocenters. The highest BCUT2D eigenvalue weighted by Gasteiger charge is 2.06. The zero-order chi connectivity index (χ0) is 13.1. The summed E-state index contributed by atoms with van der Waals surface area (Å²) in [7, 11) is 0. The largest absolute Gasteiger partial charge is 0.461 e. The fourth-order valence-electron chi connectivity index (χ4n) is 1.56. The minimum atomic E-state index is -0.361. The molecular formula is C14H18N2O2. The molecule has 96 valence electrons. The number of carbonyl (C=O) groups excluding carboxylic acids is 1. The average molecular weight is 246 g/mol. The van der Waals surface area contributed by atoms with E-state index in [1.54, 1.807) is 24.4 Å². The van der Waals surface area contributed by atoms with E-state index in [4.69, 9.17) is 10.00 Å². The van der Waals surface area contributed by atoms with Gasteiger partial charge in [0, 0.05) is 12.6 Å². The number of esters is 1. The van der Waals surface area contributed by atoms with Crippen LogP contribution < -0.4 is 0 Å². The second-order valence-corrected chi connectivity index (χ2v) is 4.03. The van der Waals surface area contributed by atoms with Gasteiger partial charge in [-0.05, 0) is 25.0 Å². The SMILES string of the molecule is N#CCCCCCCCOC(=O)c1ccccn1. The molecule has 0 spiro atoms. The summed E-state index contributed by atoms with van der Waals surface area (Å²) in [4.78, 5) is 15.4. The molecular weight excluding hydrogens is 228 g/mol. The van der Waals surface area contributed by atoms with Crippen LogP contribution in [-0.2, 0) is 4.74 Å². The first kappa shape index (κ1) is 14.2. The molecule has 0 unspecified atom stereocenters. The Kier molecular flexibility index (Phi) is 7.22. The molecule has 0 saturated carbocycles. The zero-order valence-electron chi connectivity index (χ0n) is 10.5. The van der Waals surface area contributed by atoms with Crippen molar-refractivity contribution >= 4 is 5.97 Å². The fraction of sp³-hybridized carbons (Fsp3) is 0.500. The number of nitrogens with zero attached hydrogens (tertiary/aromatic N) is 2. The summed E-state index contributed by atoms with van der Waals surface area (Å²) < 4.78 is 5.10. The van der Waals surface area contributed by atoms with E-state index < -0.39 is 0 Å². The summed E-state index contributed by atoms with van der Waals surface area (Å²) in [5, 5.41) is 8.36. The predicted molar refractivity (Wildman–Crippen MR) is 67.8 cm³/mol. The standard InChI is InChI=1S/C14H18N2O2/c15-10-6-3-1-2-4-8-12-18-14(17)13-9-5-7-11-16-13/h5,7,9,11H,1-4,6,8,12H2. The first-order valence-electron chi connectivity index (χ1n) is 6.29. The van der Waals surface area contributed by atoms with E-state index in [-0.39, 0.29) is 5.97 Å². The van der Waals surface area contributed by atoms with E-state index in [9.17, 15) is 4.79 Å². The van der Waals surface area contributed by atoms with Crippen LogP contribution in [0.5, 0.6) is 0 Å². The number of carbonyl (C=O) groups is 1. The van der Waals surface area contributed by atoms with E-state index in [0.717, 1.165) is 32.1 Å². The maximum Gasteiger partial charge on any atom is 0.356 e. The van der Waals surface area contributed by atoms with Gasteiger partial charge in [0.1, 0.15) is 5.69 Å². The molecule has 0 aromatic carbocycles. The van der Waals surface area contributed by atoms with Crippen LogP contribution in [0.15, 0.2) is 24.4 Å². The van der Waals surface area contributed by atoms with Crippen LogP contribution in [-0.4, -0.2) is 17.6 Å². The molecule has 0 radical (unpaired) electrons. The highest BCUT2D eigenvalue weighted by molar-refractivity contribution is 5.87. The third kappa shape index (κ3) is 6.00. The van der Waals surface area contributed by atoms with Gasteiger partial charge in [-0.2, -0.15) is 5.26 Å². The Morgan fingerprint density at radius 1 is 1.22 bits per heavy atom. The number of unbranched alkanes of at least 4 members (excludes halogenated alkanes) is 5. The van der Waals surface area contributed by atoms with Crippen molar-refractivity contribution in [3.63, 3.8) is 0 Å². The Morgan fingerprint density at radius 2 is 2.00 bits per heavy atom. The quantitative estimate of drug-likeness (QED) is 0.522. The van der Waals surface area contributed by atoms with Crippen LogP contribution in [0.3, 0.4) is 0 Å². The Hall–Kier alpha value is -1.89. The van der Waals surface area contributed by atoms with Gasteiger partial charge >= 0.3 is 5.97 Å². The molecule has 4 heteroatoms. The van der Waals surface area contributed by atoms with Gasteiger partial charge in [0.15, 0.2) is 0 Å². The third-order valence-corrected chi connectivity index (χ3v) is 2.54. The molecule has 0 amide bonds. The summed E-state index contributed by atoms with van der Waals surface area (Å²) in [6.07, 6.45) is 7.22. The third-order valence-electron chi connectivity index (χ3n) is 2.54. The van der Waals surface area contributed by atoms with Crippen LogP contribution in [0.25, 0.3) is 0 Å². The molecule has 18 heavy (non-hydrogen) atoms. The Morgan fingerprint density at radius 3 is 2.72 bits per heavy atom. The minimum Gasteiger partial charge on any atom is -0.461 e. The topological polar surface area (TPSA) is 63.0 Å². The molecule has 0 aliphatic heterocycles. The van der Waals surface area contributed by atoms with Crippen molar-refractivity contribution in [1.29, 1.82) is 5.26 Å². The van der Waals surface area contributed by atoms with Gasteiger partial charge in [0.25, 0.3) is 0 Å². The first-order valence-corrected chi connectivity index (χ1v) is 6.29. The van der Waals surface area contributed by atoms with Gasteiger partial charge in [0.2, 0.25) is 0 Å². The fourth-order valence-corrected chi connectivity index (χ4v) is 1.56. The van der Waals surface area contributed by atoms with Crippen molar-refractivity contribution in [2.24, 2.45) is 0 Å². The lowest BCUT2D eigenvalue weighted by atomic mass is 10.1. The normalized spacial score (nSPS) is 9.72. The second kappa shape index (κ2) is 9.17. The van der Waals surface area contributed by atoms with Crippen molar-refractivity contribution in [3.05, 3.63) is 30.1 Å². The highest BCUT2D eigenvalue weighted by Crippen LogP contribution is 2.05. The summed E-state index contributed by atoms with van der Waals surface area (Å²) in [6.45, 7) is 0.438. The summed E-state index contributed by atoms with van der Waals surface area (Å²) in [6, 6.07) is 7.29. The van der Waals surface area contributed by atoms with Gasteiger partial charge < -0.3 is 4.74 Å². The van der Waals surface area contributed by atoms with Crippen LogP contribution in [0.2, 0.25) is 0 Å². The van der Waals surface area contributed by atoms with Crippen molar-refractivity contribution < 1.29 is 9.53 Å². The van der Waals surface area contributed by atoms with Crippen LogP contribution in [0.1, 0.15) is 49.0 Å². The number of aromatic nitrogens is 1. The number of rotatable bonds is 8. The van der Waals surface area contributed by atoms with E-state index in [2.05, 4.69) is 11.1 Å². The van der Waals surface area contributed by atoms with Gasteiger partial charge in [-0.15, -0.1) is 0 Å². The minimum absolute atomic E-state index is 0.353. The molecule has 1 rings (SSSR count). The molecule has 1 heterocycles. The van der Waals surface area contributed by atoms with Gasteiger partial charge in [-0.3, -0.25) is 0 Å². The maximum atomic E-state index is 11.5. The van der Waals surface area contributed by atoms with Crippen LogP contribution in [0, 0.1) is 11.3 Å². The molecule has 0 fully saturated rings. The molecule has 0 N–H and O–H groups in total. The molecule has 0 bridgehead atoms. The van der Waals surface area contributed by atoms with Gasteiger partial charge in [-0.25, -0.2) is 9.78 Å². The van der Waals surface area contributed by atoms with E-state index in [0.29, 0.717) is 18.7 Å². The van der Waals surface area contributed by atoms with Crippen LogP contribution in [0.4, 0.5) is 0 Å². The number of ether oxygens (including phenoxy) is 1. The predicted octanol–water partition coefficient (Wildman–Crippen LogP) is 3.10. The molecule has 4 nitrogen and oxygen atoms in total. The maximum absolute atomic E-state index is 11.5. The smallest absolute Gasteiger partial charge is 0.356 e. The zero-order valence-corrected chi connectivity index (χ0v) is 10.5. The lowest BCUT2D eigenvalue weighted by molar-refractivity contribution is 0.0491. The summed E-state index contributed by atoms with van der Waals surface area (Å²) in [5.41, 5.74) is 0.353. The van der Waals surface area contributed by atoms with Crippen molar-refractivity contribution in [1.82, 2.24) is 4.98 Å². The Labute approximate surface area is 108 Å². The van der Waals surface area contributed by atoms with Gasteiger partial charge in [-0.1, -0.05) is 25.3 Å². The lowest BCUT2D eigenvalue weighted by Gasteiger charge is -2.03. The van der Waals surface area contributed by atoms with E-state index in [1.165, 1.54) is 0 Å². The first-order chi connectivity index (χ1) is 8.84. The molecule has 1 aromatic rings. The van der Waals surface area contributed by atoms with E-state index in [1.807, 2.05) is 0 Å². The monoisotopic (exact) mass is 246 g/mol. The summed E-state index contributed by atoms with van der Waals surface area (Å²) >= 11 is 0.